The normalized spacial score (nSPS) is 10.9. The largest absolute Gasteiger partial charge is 0.327 e. The highest BCUT2D eigenvalue weighted by molar-refractivity contribution is 5.77. The van der Waals surface area contributed by atoms with Crippen molar-refractivity contribution in [3.63, 3.8) is 0 Å². The third kappa shape index (κ3) is 1.52. The zero-order valence-electron chi connectivity index (χ0n) is 9.21. The van der Waals surface area contributed by atoms with Crippen LogP contribution in [0.4, 0.5) is 0 Å². The smallest absolute Gasteiger partial charge is 0.304 e. The van der Waals surface area contributed by atoms with Crippen molar-refractivity contribution < 1.29 is 0 Å². The molecule has 5 heteroatoms. The first kappa shape index (κ1) is 9.77. The Kier molecular flexibility index (Phi) is 2.04. The van der Waals surface area contributed by atoms with Gasteiger partial charge in [-0.15, -0.1) is 0 Å². The summed E-state index contributed by atoms with van der Waals surface area (Å²) in [6.45, 7) is 0. The van der Waals surface area contributed by atoms with E-state index in [4.69, 9.17) is 0 Å². The Balaban J connectivity index is 2.24. The second-order valence-electron chi connectivity index (χ2n) is 3.82. The molecule has 3 rings (SSSR count). The molecule has 0 saturated carbocycles. The molecule has 3 aromatic heterocycles. The van der Waals surface area contributed by atoms with Gasteiger partial charge in [0.2, 0.25) is 0 Å². The number of aromatic amines is 1. The average molecular weight is 226 g/mol. The van der Waals surface area contributed by atoms with E-state index in [-0.39, 0.29) is 5.69 Å². The molecule has 0 aliphatic carbocycles. The van der Waals surface area contributed by atoms with E-state index in [2.05, 4.69) is 15.0 Å². The van der Waals surface area contributed by atoms with Crippen LogP contribution in [0.1, 0.15) is 0 Å². The maximum absolute atomic E-state index is 11.4. The van der Waals surface area contributed by atoms with Gasteiger partial charge >= 0.3 is 5.69 Å². The molecule has 0 saturated heterocycles. The molecular weight excluding hydrogens is 216 g/mol. The minimum atomic E-state index is -0.153. The number of H-pyrrole nitrogens is 1. The Bertz CT molecular complexity index is 727. The van der Waals surface area contributed by atoms with Gasteiger partial charge in [0.15, 0.2) is 5.65 Å². The standard InChI is InChI=1S/C12H10N4O/c1-16-11-10(15-12(16)17)6-9(7-14-11)8-2-4-13-5-3-8/h2-7H,1H3,(H,15,17). The lowest BCUT2D eigenvalue weighted by Gasteiger charge is -2.00. The quantitative estimate of drug-likeness (QED) is 0.680. The molecule has 0 bridgehead atoms. The van der Waals surface area contributed by atoms with Crippen LogP contribution < -0.4 is 5.69 Å². The molecule has 0 spiro atoms. The van der Waals surface area contributed by atoms with Crippen molar-refractivity contribution in [2.45, 2.75) is 0 Å². The molecule has 0 aliphatic heterocycles. The fourth-order valence-corrected chi connectivity index (χ4v) is 1.81. The summed E-state index contributed by atoms with van der Waals surface area (Å²) in [4.78, 5) is 22.5. The number of aryl methyl sites for hydroxylation is 1. The number of fused-ring (bicyclic) bond motifs is 1. The molecule has 0 aromatic carbocycles. The van der Waals surface area contributed by atoms with Gasteiger partial charge in [0.25, 0.3) is 0 Å². The summed E-state index contributed by atoms with van der Waals surface area (Å²) < 4.78 is 1.49. The molecule has 0 amide bonds. The zero-order valence-corrected chi connectivity index (χ0v) is 9.21. The van der Waals surface area contributed by atoms with Crippen LogP contribution in [0.5, 0.6) is 0 Å². The number of nitrogens with one attached hydrogen (secondary N) is 1. The maximum atomic E-state index is 11.4. The minimum Gasteiger partial charge on any atom is -0.304 e. The van der Waals surface area contributed by atoms with Crippen molar-refractivity contribution in [3.05, 3.63) is 47.3 Å². The van der Waals surface area contributed by atoms with Gasteiger partial charge in [-0.05, 0) is 23.8 Å². The number of rotatable bonds is 1. The molecule has 1 N–H and O–H groups in total. The molecule has 84 valence electrons. The summed E-state index contributed by atoms with van der Waals surface area (Å²) >= 11 is 0. The fraction of sp³-hybridized carbons (Fsp3) is 0.0833. The van der Waals surface area contributed by atoms with E-state index >= 15 is 0 Å². The lowest BCUT2D eigenvalue weighted by atomic mass is 10.1. The summed E-state index contributed by atoms with van der Waals surface area (Å²) in [6.07, 6.45) is 5.21. The Morgan fingerprint density at radius 3 is 2.76 bits per heavy atom. The van der Waals surface area contributed by atoms with E-state index in [0.29, 0.717) is 5.65 Å². The minimum absolute atomic E-state index is 0.153. The number of imidazole rings is 1. The van der Waals surface area contributed by atoms with E-state index in [0.717, 1.165) is 16.6 Å². The lowest BCUT2D eigenvalue weighted by molar-refractivity contribution is 0.879. The molecule has 3 heterocycles. The molecular formula is C12H10N4O. The van der Waals surface area contributed by atoms with Crippen LogP contribution in [0.2, 0.25) is 0 Å². The van der Waals surface area contributed by atoms with Crippen LogP contribution in [0.25, 0.3) is 22.3 Å². The van der Waals surface area contributed by atoms with E-state index in [1.165, 1.54) is 4.57 Å². The number of pyridine rings is 2. The number of hydrogen-bond acceptors (Lipinski definition) is 3. The summed E-state index contributed by atoms with van der Waals surface area (Å²) in [7, 11) is 1.69. The van der Waals surface area contributed by atoms with Crippen molar-refractivity contribution in [1.82, 2.24) is 19.5 Å². The lowest BCUT2D eigenvalue weighted by Crippen LogP contribution is -2.12. The molecule has 0 unspecified atom stereocenters. The van der Waals surface area contributed by atoms with Crippen molar-refractivity contribution >= 4 is 11.2 Å². The highest BCUT2D eigenvalue weighted by Gasteiger charge is 2.06. The molecule has 3 aromatic rings. The van der Waals surface area contributed by atoms with Gasteiger partial charge in [0, 0.05) is 31.2 Å². The van der Waals surface area contributed by atoms with Crippen LogP contribution in [0, 0.1) is 0 Å². The van der Waals surface area contributed by atoms with E-state index in [1.807, 2.05) is 18.2 Å². The average Bonchev–Trinajstić information content (AvgIpc) is 2.66. The van der Waals surface area contributed by atoms with Crippen LogP contribution in [0.15, 0.2) is 41.6 Å². The Morgan fingerprint density at radius 2 is 2.00 bits per heavy atom. The fourth-order valence-electron chi connectivity index (χ4n) is 1.81. The maximum Gasteiger partial charge on any atom is 0.327 e. The topological polar surface area (TPSA) is 63.6 Å². The Labute approximate surface area is 96.8 Å². The molecule has 0 fully saturated rings. The monoisotopic (exact) mass is 226 g/mol. The predicted molar refractivity (Wildman–Crippen MR) is 64.6 cm³/mol. The van der Waals surface area contributed by atoms with E-state index in [9.17, 15) is 4.79 Å². The first-order chi connectivity index (χ1) is 8.25. The molecule has 0 radical (unpaired) electrons. The predicted octanol–water partition coefficient (Wildman–Crippen LogP) is 1.32. The first-order valence-corrected chi connectivity index (χ1v) is 5.21. The SMILES string of the molecule is Cn1c(=O)[nH]c2cc(-c3ccncc3)cnc21. The van der Waals surface area contributed by atoms with Crippen LogP contribution in [0.3, 0.4) is 0 Å². The third-order valence-corrected chi connectivity index (χ3v) is 2.74. The van der Waals surface area contributed by atoms with Crippen molar-refractivity contribution in [2.75, 3.05) is 0 Å². The summed E-state index contributed by atoms with van der Waals surface area (Å²) in [6, 6.07) is 5.73. The van der Waals surface area contributed by atoms with Gasteiger partial charge in [-0.3, -0.25) is 9.55 Å². The molecule has 0 aliphatic rings. The number of hydrogen-bond donors (Lipinski definition) is 1. The summed E-state index contributed by atoms with van der Waals surface area (Å²) in [5.41, 5.74) is 3.24. The van der Waals surface area contributed by atoms with Crippen molar-refractivity contribution in [1.29, 1.82) is 0 Å². The van der Waals surface area contributed by atoms with Crippen molar-refractivity contribution in [2.24, 2.45) is 7.05 Å². The van der Waals surface area contributed by atoms with Crippen LogP contribution in [-0.4, -0.2) is 19.5 Å². The summed E-state index contributed by atoms with van der Waals surface area (Å²) in [5, 5.41) is 0. The molecule has 17 heavy (non-hydrogen) atoms. The van der Waals surface area contributed by atoms with Crippen LogP contribution >= 0.6 is 0 Å². The molecule has 0 atom stereocenters. The highest BCUT2D eigenvalue weighted by Crippen LogP contribution is 2.19. The van der Waals surface area contributed by atoms with Gasteiger partial charge in [-0.2, -0.15) is 0 Å². The third-order valence-electron chi connectivity index (χ3n) is 2.74. The zero-order chi connectivity index (χ0) is 11.8. The van der Waals surface area contributed by atoms with Gasteiger partial charge in [-0.25, -0.2) is 9.78 Å². The number of nitrogens with zero attached hydrogens (tertiary/aromatic N) is 3. The van der Waals surface area contributed by atoms with Gasteiger partial charge in [0.05, 0.1) is 5.52 Å². The Hall–Kier alpha value is -2.43. The van der Waals surface area contributed by atoms with Gasteiger partial charge < -0.3 is 4.98 Å². The van der Waals surface area contributed by atoms with E-state index < -0.39 is 0 Å². The summed E-state index contributed by atoms with van der Waals surface area (Å²) in [5.74, 6) is 0. The van der Waals surface area contributed by atoms with Crippen LogP contribution in [-0.2, 0) is 7.05 Å². The first-order valence-electron chi connectivity index (χ1n) is 5.21. The number of aromatic nitrogens is 4. The van der Waals surface area contributed by atoms with E-state index in [1.54, 1.807) is 25.6 Å². The molecule has 5 nitrogen and oxygen atoms in total. The highest BCUT2D eigenvalue weighted by atomic mass is 16.1. The van der Waals surface area contributed by atoms with Gasteiger partial charge in [-0.1, -0.05) is 0 Å². The second kappa shape index (κ2) is 3.55. The van der Waals surface area contributed by atoms with Gasteiger partial charge in [0.1, 0.15) is 0 Å². The Morgan fingerprint density at radius 1 is 1.24 bits per heavy atom. The van der Waals surface area contributed by atoms with Crippen molar-refractivity contribution in [3.8, 4) is 11.1 Å². The second-order valence-corrected chi connectivity index (χ2v) is 3.82.